The Morgan fingerprint density at radius 3 is 2.60 bits per heavy atom. The molecule has 136 valence electrons. The van der Waals surface area contributed by atoms with Gasteiger partial charge in [-0.3, -0.25) is 4.79 Å². The van der Waals surface area contributed by atoms with Crippen LogP contribution in [0.4, 0.5) is 0 Å². The molecule has 5 nitrogen and oxygen atoms in total. The lowest BCUT2D eigenvalue weighted by molar-refractivity contribution is -0.161. The molecule has 2 saturated carbocycles. The first-order chi connectivity index (χ1) is 12.2. The van der Waals surface area contributed by atoms with Crippen LogP contribution < -0.4 is 5.32 Å². The number of carbonyl (C=O) groups is 1. The Kier molecular flexibility index (Phi) is 4.80. The summed E-state index contributed by atoms with van der Waals surface area (Å²) in [4.78, 5) is 12.5. The van der Waals surface area contributed by atoms with E-state index in [2.05, 4.69) is 17.4 Å². The van der Waals surface area contributed by atoms with Gasteiger partial charge in [0, 0.05) is 30.6 Å². The van der Waals surface area contributed by atoms with Gasteiger partial charge in [-0.15, -0.1) is 0 Å². The van der Waals surface area contributed by atoms with Gasteiger partial charge < -0.3 is 19.9 Å². The molecule has 0 bridgehead atoms. The maximum Gasteiger partial charge on any atom is 0.223 e. The number of rotatable bonds is 5. The Balaban J connectivity index is 1.21. The zero-order valence-electron chi connectivity index (χ0n) is 14.5. The molecule has 2 atom stereocenters. The second kappa shape index (κ2) is 7.06. The third-order valence-corrected chi connectivity index (χ3v) is 6.35. The Morgan fingerprint density at radius 1 is 1.20 bits per heavy atom. The third kappa shape index (κ3) is 3.33. The van der Waals surface area contributed by atoms with Crippen molar-refractivity contribution in [3.05, 3.63) is 35.9 Å². The van der Waals surface area contributed by atoms with E-state index in [4.69, 9.17) is 9.47 Å². The summed E-state index contributed by atoms with van der Waals surface area (Å²) in [6, 6.07) is 10.2. The minimum absolute atomic E-state index is 0.0513. The van der Waals surface area contributed by atoms with E-state index < -0.39 is 0 Å². The second-order valence-electron chi connectivity index (χ2n) is 7.75. The van der Waals surface area contributed by atoms with Crippen LogP contribution in [0.15, 0.2) is 30.3 Å². The minimum atomic E-state index is -0.301. The van der Waals surface area contributed by atoms with E-state index >= 15 is 0 Å². The number of nitrogens with one attached hydrogen (secondary N) is 1. The summed E-state index contributed by atoms with van der Waals surface area (Å²) < 4.78 is 11.3. The maximum atomic E-state index is 12.5. The lowest BCUT2D eigenvalue weighted by atomic mass is 9.57. The van der Waals surface area contributed by atoms with Crippen molar-refractivity contribution in [2.24, 2.45) is 11.3 Å². The molecule has 5 heteroatoms. The highest BCUT2D eigenvalue weighted by atomic mass is 16.5. The van der Waals surface area contributed by atoms with E-state index in [0.717, 1.165) is 25.7 Å². The fourth-order valence-corrected chi connectivity index (χ4v) is 4.39. The fourth-order valence-electron chi connectivity index (χ4n) is 4.39. The summed E-state index contributed by atoms with van der Waals surface area (Å²) in [6.07, 6.45) is 3.82. The van der Waals surface area contributed by atoms with Crippen molar-refractivity contribution in [2.45, 2.75) is 57.0 Å². The molecule has 1 saturated heterocycles. The van der Waals surface area contributed by atoms with Crippen molar-refractivity contribution in [1.29, 1.82) is 0 Å². The van der Waals surface area contributed by atoms with Gasteiger partial charge in [0.1, 0.15) is 0 Å². The molecular formula is C20H27NO4. The number of hydrogen-bond acceptors (Lipinski definition) is 4. The van der Waals surface area contributed by atoms with Crippen molar-refractivity contribution in [3.8, 4) is 0 Å². The van der Waals surface area contributed by atoms with Crippen LogP contribution in [0.3, 0.4) is 0 Å². The molecule has 0 unspecified atom stereocenters. The molecule has 1 aromatic carbocycles. The van der Waals surface area contributed by atoms with Gasteiger partial charge in [0.25, 0.3) is 0 Å². The number of aliphatic hydroxyl groups excluding tert-OH is 1. The molecule has 2 N–H and O–H groups in total. The quantitative estimate of drug-likeness (QED) is 0.857. The monoisotopic (exact) mass is 345 g/mol. The lowest BCUT2D eigenvalue weighted by Gasteiger charge is -2.56. The molecule has 3 fully saturated rings. The molecule has 1 spiro atoms. The van der Waals surface area contributed by atoms with E-state index in [1.165, 1.54) is 5.56 Å². The van der Waals surface area contributed by atoms with E-state index in [-0.39, 0.29) is 35.5 Å². The normalized spacial score (nSPS) is 33.3. The highest BCUT2D eigenvalue weighted by Crippen LogP contribution is 2.49. The SMILES string of the molecule is O=C(N[C@@H]1C[C@@H](O)C12CCOCC2)C1CC(OCc2ccccc2)C1. The standard InChI is InChI=1S/C20H27NO4/c22-18-12-17(20(18)6-8-24-9-7-20)21-19(23)15-10-16(11-15)25-13-14-4-2-1-3-5-14/h1-5,15-18,22H,6-13H2,(H,21,23)/t15?,16?,17-,18-/m1/s1. The van der Waals surface area contributed by atoms with E-state index in [0.29, 0.717) is 26.2 Å². The number of aliphatic hydroxyl groups is 1. The molecule has 3 aliphatic rings. The zero-order chi connectivity index (χ0) is 17.3. The fraction of sp³-hybridized carbons (Fsp3) is 0.650. The van der Waals surface area contributed by atoms with E-state index in [9.17, 15) is 9.90 Å². The van der Waals surface area contributed by atoms with Gasteiger partial charge in [0.05, 0.1) is 18.8 Å². The number of benzene rings is 1. The number of carbonyl (C=O) groups excluding carboxylic acids is 1. The average Bonchev–Trinajstić information content (AvgIpc) is 2.62. The number of hydrogen-bond donors (Lipinski definition) is 2. The zero-order valence-corrected chi connectivity index (χ0v) is 14.5. The highest BCUT2D eigenvalue weighted by molar-refractivity contribution is 5.80. The maximum absolute atomic E-state index is 12.5. The van der Waals surface area contributed by atoms with Gasteiger partial charge in [-0.1, -0.05) is 30.3 Å². The largest absolute Gasteiger partial charge is 0.392 e. The Morgan fingerprint density at radius 2 is 1.92 bits per heavy atom. The van der Waals surface area contributed by atoms with E-state index in [1.807, 2.05) is 18.2 Å². The first-order valence-corrected chi connectivity index (χ1v) is 9.39. The Bertz CT molecular complexity index is 593. The molecule has 4 rings (SSSR count). The summed E-state index contributed by atoms with van der Waals surface area (Å²) in [6.45, 7) is 1.97. The van der Waals surface area contributed by atoms with Gasteiger partial charge >= 0.3 is 0 Å². The van der Waals surface area contributed by atoms with Crippen molar-refractivity contribution in [2.75, 3.05) is 13.2 Å². The van der Waals surface area contributed by atoms with Crippen LogP contribution in [0.2, 0.25) is 0 Å². The number of amides is 1. The minimum Gasteiger partial charge on any atom is -0.392 e. The van der Waals surface area contributed by atoms with Gasteiger partial charge in [0.2, 0.25) is 5.91 Å². The first kappa shape index (κ1) is 17.0. The third-order valence-electron chi connectivity index (χ3n) is 6.35. The van der Waals surface area contributed by atoms with Gasteiger partial charge in [-0.05, 0) is 37.7 Å². The summed E-state index contributed by atoms with van der Waals surface area (Å²) in [5, 5.41) is 13.4. The average molecular weight is 345 g/mol. The molecule has 0 aromatic heterocycles. The van der Waals surface area contributed by atoms with Gasteiger partial charge in [-0.25, -0.2) is 0 Å². The Hall–Kier alpha value is -1.43. The molecule has 2 aliphatic carbocycles. The number of ether oxygens (including phenoxy) is 2. The van der Waals surface area contributed by atoms with Crippen LogP contribution in [0.5, 0.6) is 0 Å². The predicted octanol–water partition coefficient (Wildman–Crippen LogP) is 2.03. The molecule has 1 aromatic rings. The van der Waals surface area contributed by atoms with E-state index in [1.54, 1.807) is 0 Å². The summed E-state index contributed by atoms with van der Waals surface area (Å²) in [7, 11) is 0. The van der Waals surface area contributed by atoms with Gasteiger partial charge in [0.15, 0.2) is 0 Å². The molecular weight excluding hydrogens is 318 g/mol. The van der Waals surface area contributed by atoms with Crippen molar-refractivity contribution in [3.63, 3.8) is 0 Å². The van der Waals surface area contributed by atoms with Crippen molar-refractivity contribution >= 4 is 5.91 Å². The first-order valence-electron chi connectivity index (χ1n) is 9.39. The van der Waals surface area contributed by atoms with Gasteiger partial charge in [-0.2, -0.15) is 0 Å². The van der Waals surface area contributed by atoms with Crippen LogP contribution in [0, 0.1) is 11.3 Å². The van der Waals surface area contributed by atoms with Crippen LogP contribution in [0.25, 0.3) is 0 Å². The van der Waals surface area contributed by atoms with Crippen LogP contribution in [-0.4, -0.2) is 42.5 Å². The summed E-state index contributed by atoms with van der Waals surface area (Å²) in [5.41, 5.74) is 1.02. The molecule has 25 heavy (non-hydrogen) atoms. The van der Waals surface area contributed by atoms with Crippen LogP contribution in [-0.2, 0) is 20.9 Å². The molecule has 1 amide bonds. The molecule has 1 heterocycles. The lowest BCUT2D eigenvalue weighted by Crippen LogP contribution is -2.66. The topological polar surface area (TPSA) is 67.8 Å². The second-order valence-corrected chi connectivity index (χ2v) is 7.75. The van der Waals surface area contributed by atoms with Crippen molar-refractivity contribution < 1.29 is 19.4 Å². The van der Waals surface area contributed by atoms with Crippen LogP contribution >= 0.6 is 0 Å². The van der Waals surface area contributed by atoms with Crippen LogP contribution in [0.1, 0.15) is 37.7 Å². The molecule has 0 radical (unpaired) electrons. The highest BCUT2D eigenvalue weighted by Gasteiger charge is 2.55. The Labute approximate surface area is 148 Å². The van der Waals surface area contributed by atoms with Crippen molar-refractivity contribution in [1.82, 2.24) is 5.32 Å². The summed E-state index contributed by atoms with van der Waals surface area (Å²) in [5.74, 6) is 0.178. The smallest absolute Gasteiger partial charge is 0.223 e. The predicted molar refractivity (Wildman–Crippen MR) is 92.8 cm³/mol. The summed E-state index contributed by atoms with van der Waals surface area (Å²) >= 11 is 0. The molecule has 1 aliphatic heterocycles.